The van der Waals surface area contributed by atoms with Crippen molar-refractivity contribution in [3.8, 4) is 0 Å². The van der Waals surface area contributed by atoms with E-state index in [9.17, 15) is 18.0 Å². The maximum atomic E-state index is 12.6. The topological polar surface area (TPSA) is 95.0 Å². The number of hydrogen-bond donors (Lipinski definition) is 1. The Balaban J connectivity index is 2.12. The van der Waals surface area contributed by atoms with E-state index in [0.717, 1.165) is 19.1 Å². The zero-order valence-electron chi connectivity index (χ0n) is 12.2. The highest BCUT2D eigenvalue weighted by Crippen LogP contribution is 2.24. The second kappa shape index (κ2) is 6.31. The van der Waals surface area contributed by atoms with Gasteiger partial charge in [-0.3, -0.25) is 9.59 Å². The molecule has 0 bridgehead atoms. The Morgan fingerprint density at radius 2 is 1.81 bits per heavy atom. The van der Waals surface area contributed by atoms with Crippen LogP contribution >= 0.6 is 0 Å². The van der Waals surface area contributed by atoms with Crippen molar-refractivity contribution in [3.05, 3.63) is 0 Å². The highest BCUT2D eigenvalue weighted by Gasteiger charge is 2.38. The first kappa shape index (κ1) is 16.2. The number of likely N-dealkylation sites (tertiary alicyclic amines) is 1. The van der Waals surface area contributed by atoms with Crippen LogP contribution in [0.25, 0.3) is 0 Å². The van der Waals surface area contributed by atoms with Crippen molar-refractivity contribution in [1.29, 1.82) is 0 Å². The molecular formula is C13H22N2O5S. The second-order valence-electron chi connectivity index (χ2n) is 5.85. The lowest BCUT2D eigenvalue weighted by Gasteiger charge is -2.38. The minimum atomic E-state index is -3.42. The van der Waals surface area contributed by atoms with Crippen LogP contribution in [0.5, 0.6) is 0 Å². The number of nitrogens with zero attached hydrogens (tertiary/aromatic N) is 2. The molecular weight excluding hydrogens is 296 g/mol. The first-order valence-corrected chi connectivity index (χ1v) is 9.14. The molecule has 8 heteroatoms. The number of carbonyl (C=O) groups is 2. The summed E-state index contributed by atoms with van der Waals surface area (Å²) in [6.07, 6.45) is 4.43. The zero-order chi connectivity index (χ0) is 15.6. The van der Waals surface area contributed by atoms with Gasteiger partial charge in [-0.1, -0.05) is 6.42 Å². The van der Waals surface area contributed by atoms with E-state index >= 15 is 0 Å². The molecule has 2 aliphatic heterocycles. The van der Waals surface area contributed by atoms with Gasteiger partial charge in [0.25, 0.3) is 0 Å². The van der Waals surface area contributed by atoms with E-state index in [2.05, 4.69) is 0 Å². The lowest BCUT2D eigenvalue weighted by Crippen LogP contribution is -2.54. The van der Waals surface area contributed by atoms with Gasteiger partial charge < -0.3 is 10.0 Å². The molecule has 0 aromatic heterocycles. The molecule has 0 aromatic rings. The van der Waals surface area contributed by atoms with Gasteiger partial charge in [0.1, 0.15) is 6.04 Å². The van der Waals surface area contributed by atoms with E-state index in [0.29, 0.717) is 32.4 Å². The van der Waals surface area contributed by atoms with Crippen LogP contribution in [0.3, 0.4) is 0 Å². The molecule has 0 spiro atoms. The van der Waals surface area contributed by atoms with Crippen LogP contribution in [-0.2, 0) is 19.6 Å². The number of carboxylic acid groups (broad SMARTS) is 1. The maximum absolute atomic E-state index is 12.6. The van der Waals surface area contributed by atoms with E-state index in [1.165, 1.54) is 9.21 Å². The molecule has 1 N–H and O–H groups in total. The van der Waals surface area contributed by atoms with Gasteiger partial charge in [0.05, 0.1) is 12.2 Å². The Hall–Kier alpha value is -1.15. The molecule has 0 saturated carbocycles. The van der Waals surface area contributed by atoms with Crippen molar-refractivity contribution in [1.82, 2.24) is 9.21 Å². The summed E-state index contributed by atoms with van der Waals surface area (Å²) in [6.45, 7) is 1.06. The first-order chi connectivity index (χ1) is 9.80. The molecule has 21 heavy (non-hydrogen) atoms. The quantitative estimate of drug-likeness (QED) is 0.798. The molecule has 0 radical (unpaired) electrons. The van der Waals surface area contributed by atoms with Crippen molar-refractivity contribution < 1.29 is 23.1 Å². The van der Waals surface area contributed by atoms with Crippen LogP contribution in [0.15, 0.2) is 0 Å². The van der Waals surface area contributed by atoms with Crippen molar-refractivity contribution in [2.75, 3.05) is 25.9 Å². The number of carboxylic acids is 1. The van der Waals surface area contributed by atoms with Gasteiger partial charge in [-0.05, 0) is 25.7 Å². The van der Waals surface area contributed by atoms with Crippen LogP contribution in [0.1, 0.15) is 32.1 Å². The minimum absolute atomic E-state index is 0.183. The smallest absolute Gasteiger partial charge is 0.308 e. The maximum Gasteiger partial charge on any atom is 0.308 e. The van der Waals surface area contributed by atoms with Gasteiger partial charge >= 0.3 is 5.97 Å². The van der Waals surface area contributed by atoms with E-state index < -0.39 is 28.0 Å². The van der Waals surface area contributed by atoms with Gasteiger partial charge in [-0.15, -0.1) is 0 Å². The fourth-order valence-corrected chi connectivity index (χ4v) is 4.26. The third-order valence-electron chi connectivity index (χ3n) is 4.25. The van der Waals surface area contributed by atoms with Crippen LogP contribution in [0.4, 0.5) is 0 Å². The molecule has 1 unspecified atom stereocenters. The van der Waals surface area contributed by atoms with Gasteiger partial charge in [-0.2, -0.15) is 4.31 Å². The number of amides is 1. The Morgan fingerprint density at radius 3 is 2.43 bits per heavy atom. The zero-order valence-corrected chi connectivity index (χ0v) is 13.0. The van der Waals surface area contributed by atoms with Crippen molar-refractivity contribution in [2.24, 2.45) is 5.92 Å². The Labute approximate surface area is 125 Å². The molecule has 2 rings (SSSR count). The predicted molar refractivity (Wildman–Crippen MR) is 76.1 cm³/mol. The molecule has 7 nitrogen and oxygen atoms in total. The average molecular weight is 318 g/mol. The standard InChI is InChI=1S/C13H22N2O5S/c1-21(19,20)15-8-3-2-6-11(15)12(16)14-7-4-5-10(9-14)13(17)18/h10-11H,2-9H2,1H3,(H,17,18)/t10-,11?/m1/s1. The minimum Gasteiger partial charge on any atom is -0.481 e. The number of rotatable bonds is 3. The summed E-state index contributed by atoms with van der Waals surface area (Å²) in [7, 11) is -3.42. The average Bonchev–Trinajstić information content (AvgIpc) is 2.45. The summed E-state index contributed by atoms with van der Waals surface area (Å²) in [6, 6.07) is -0.665. The Kier molecular flexibility index (Phi) is 4.88. The van der Waals surface area contributed by atoms with Crippen molar-refractivity contribution >= 4 is 21.9 Å². The largest absolute Gasteiger partial charge is 0.481 e. The summed E-state index contributed by atoms with van der Waals surface area (Å²) in [5, 5.41) is 9.09. The SMILES string of the molecule is CS(=O)(=O)N1CCCCC1C(=O)N1CCC[C@@H](C(=O)O)C1. The highest BCUT2D eigenvalue weighted by atomic mass is 32.2. The number of hydrogen-bond acceptors (Lipinski definition) is 4. The molecule has 2 fully saturated rings. The fraction of sp³-hybridized carbons (Fsp3) is 0.846. The third kappa shape index (κ3) is 3.74. The van der Waals surface area contributed by atoms with E-state index in [1.54, 1.807) is 0 Å². The van der Waals surface area contributed by atoms with E-state index in [1.807, 2.05) is 0 Å². The van der Waals surface area contributed by atoms with E-state index in [4.69, 9.17) is 5.11 Å². The molecule has 120 valence electrons. The molecule has 2 atom stereocenters. The molecule has 2 aliphatic rings. The molecule has 0 aliphatic carbocycles. The summed E-state index contributed by atoms with van der Waals surface area (Å²) in [5.41, 5.74) is 0. The van der Waals surface area contributed by atoms with Crippen LogP contribution in [0.2, 0.25) is 0 Å². The van der Waals surface area contributed by atoms with Gasteiger partial charge in [-0.25, -0.2) is 8.42 Å². The lowest BCUT2D eigenvalue weighted by molar-refractivity contribution is -0.147. The summed E-state index contributed by atoms with van der Waals surface area (Å²) in [5.74, 6) is -1.68. The molecule has 0 aromatic carbocycles. The van der Waals surface area contributed by atoms with Crippen molar-refractivity contribution in [3.63, 3.8) is 0 Å². The monoisotopic (exact) mass is 318 g/mol. The number of carbonyl (C=O) groups excluding carboxylic acids is 1. The molecule has 2 saturated heterocycles. The number of piperidine rings is 2. The number of aliphatic carboxylic acids is 1. The van der Waals surface area contributed by atoms with Gasteiger partial charge in [0.2, 0.25) is 15.9 Å². The normalized spacial score (nSPS) is 28.3. The van der Waals surface area contributed by atoms with Gasteiger partial charge in [0.15, 0.2) is 0 Å². The second-order valence-corrected chi connectivity index (χ2v) is 7.78. The molecule has 1 amide bonds. The number of sulfonamides is 1. The van der Waals surface area contributed by atoms with Gasteiger partial charge in [0, 0.05) is 19.6 Å². The highest BCUT2D eigenvalue weighted by molar-refractivity contribution is 7.88. The predicted octanol–water partition coefficient (Wildman–Crippen LogP) is 0.124. The first-order valence-electron chi connectivity index (χ1n) is 7.29. The van der Waals surface area contributed by atoms with E-state index in [-0.39, 0.29) is 12.5 Å². The van der Waals surface area contributed by atoms with Crippen LogP contribution in [0, 0.1) is 5.92 Å². The van der Waals surface area contributed by atoms with Crippen LogP contribution in [-0.4, -0.2) is 66.5 Å². The van der Waals surface area contributed by atoms with Crippen molar-refractivity contribution in [2.45, 2.75) is 38.1 Å². The summed E-state index contributed by atoms with van der Waals surface area (Å²) < 4.78 is 24.9. The van der Waals surface area contributed by atoms with Crippen LogP contribution < -0.4 is 0 Å². The fourth-order valence-electron chi connectivity index (χ4n) is 3.14. The summed E-state index contributed by atoms with van der Waals surface area (Å²) >= 11 is 0. The Bertz CT molecular complexity index is 519. The third-order valence-corrected chi connectivity index (χ3v) is 5.54. The lowest BCUT2D eigenvalue weighted by atomic mass is 9.96. The Morgan fingerprint density at radius 1 is 1.10 bits per heavy atom. The molecule has 2 heterocycles. The summed E-state index contributed by atoms with van der Waals surface area (Å²) in [4.78, 5) is 25.2.